The van der Waals surface area contributed by atoms with Crippen LogP contribution in [-0.2, 0) is 6.54 Å². The molecule has 1 aromatic carbocycles. The highest BCUT2D eigenvalue weighted by Crippen LogP contribution is 2.24. The quantitative estimate of drug-likeness (QED) is 0.924. The third kappa shape index (κ3) is 2.94. The molecule has 0 aliphatic carbocycles. The summed E-state index contributed by atoms with van der Waals surface area (Å²) in [5.41, 5.74) is 2.44. The summed E-state index contributed by atoms with van der Waals surface area (Å²) < 4.78 is 5.12. The first-order valence-corrected chi connectivity index (χ1v) is 7.05. The highest BCUT2D eigenvalue weighted by Gasteiger charge is 2.21. The van der Waals surface area contributed by atoms with Gasteiger partial charge in [-0.1, -0.05) is 23.7 Å². The topological polar surface area (TPSA) is 20.8 Å². The van der Waals surface area contributed by atoms with Gasteiger partial charge in [-0.05, 0) is 18.2 Å². The molecule has 1 N–H and O–H groups in total. The van der Waals surface area contributed by atoms with Crippen LogP contribution in [0.2, 0.25) is 5.02 Å². The van der Waals surface area contributed by atoms with Crippen molar-refractivity contribution < 1.29 is 9.32 Å². The predicted octanol–water partition coefficient (Wildman–Crippen LogP) is 1.84. The minimum atomic E-state index is 0.848. The minimum Gasteiger partial charge on any atom is -0.472 e. The number of hydrogen-bond acceptors (Lipinski definition) is 2. The molecule has 1 saturated heterocycles. The van der Waals surface area contributed by atoms with Crippen molar-refractivity contribution in [1.29, 1.82) is 0 Å². The fourth-order valence-corrected chi connectivity index (χ4v) is 2.89. The lowest BCUT2D eigenvalue weighted by atomic mass is 10.2. The van der Waals surface area contributed by atoms with E-state index < -0.39 is 0 Å². The number of para-hydroxylation sites is 1. The van der Waals surface area contributed by atoms with Gasteiger partial charge in [0.15, 0.2) is 0 Å². The van der Waals surface area contributed by atoms with Crippen LogP contribution in [0.5, 0.6) is 0 Å². The second-order valence-corrected chi connectivity index (χ2v) is 5.40. The molecule has 0 radical (unpaired) electrons. The molecule has 0 spiro atoms. The van der Waals surface area contributed by atoms with E-state index in [9.17, 15) is 0 Å². The van der Waals surface area contributed by atoms with Crippen molar-refractivity contribution >= 4 is 17.3 Å². The molecule has 1 aromatic heterocycles. The Balaban J connectivity index is 1.59. The number of quaternary nitrogens is 1. The van der Waals surface area contributed by atoms with Crippen molar-refractivity contribution in [2.45, 2.75) is 6.54 Å². The number of benzene rings is 1. The predicted molar refractivity (Wildman–Crippen MR) is 76.8 cm³/mol. The zero-order chi connectivity index (χ0) is 13.1. The van der Waals surface area contributed by atoms with E-state index in [1.54, 1.807) is 11.2 Å². The molecule has 0 saturated carbocycles. The molecule has 100 valence electrons. The first-order valence-electron chi connectivity index (χ1n) is 6.67. The van der Waals surface area contributed by atoms with Gasteiger partial charge in [0.1, 0.15) is 6.54 Å². The molecule has 3 rings (SSSR count). The highest BCUT2D eigenvalue weighted by atomic mass is 35.5. The van der Waals surface area contributed by atoms with Crippen molar-refractivity contribution in [3.05, 3.63) is 53.4 Å². The number of rotatable bonds is 3. The Kier molecular flexibility index (Phi) is 3.76. The number of furan rings is 1. The maximum absolute atomic E-state index is 6.25. The SMILES string of the molecule is Clc1ccccc1N1CC[NH+](Cc2ccoc2)CC1. The van der Waals surface area contributed by atoms with E-state index in [2.05, 4.69) is 11.0 Å². The molecule has 2 heterocycles. The zero-order valence-electron chi connectivity index (χ0n) is 10.8. The Morgan fingerprint density at radius 3 is 2.63 bits per heavy atom. The van der Waals surface area contributed by atoms with Crippen LogP contribution in [0, 0.1) is 0 Å². The molecular weight excluding hydrogens is 260 g/mol. The summed E-state index contributed by atoms with van der Waals surface area (Å²) in [5, 5.41) is 0.848. The number of piperazine rings is 1. The van der Waals surface area contributed by atoms with Crippen molar-refractivity contribution in [1.82, 2.24) is 0 Å². The van der Waals surface area contributed by atoms with E-state index in [1.807, 2.05) is 30.5 Å². The van der Waals surface area contributed by atoms with E-state index >= 15 is 0 Å². The van der Waals surface area contributed by atoms with Crippen LogP contribution < -0.4 is 9.80 Å². The zero-order valence-corrected chi connectivity index (χ0v) is 11.6. The van der Waals surface area contributed by atoms with Gasteiger partial charge in [0.05, 0.1) is 49.4 Å². The molecule has 4 heteroatoms. The first-order chi connectivity index (χ1) is 9.33. The number of halogens is 1. The molecule has 19 heavy (non-hydrogen) atoms. The summed E-state index contributed by atoms with van der Waals surface area (Å²) in [6, 6.07) is 10.1. The Hall–Kier alpha value is -1.45. The lowest BCUT2D eigenvalue weighted by Crippen LogP contribution is -3.13. The summed E-state index contributed by atoms with van der Waals surface area (Å²) in [6.45, 7) is 5.42. The average Bonchev–Trinajstić information content (AvgIpc) is 2.93. The molecule has 3 nitrogen and oxygen atoms in total. The summed E-state index contributed by atoms with van der Waals surface area (Å²) in [6.07, 6.45) is 3.59. The van der Waals surface area contributed by atoms with Crippen LogP contribution in [0.15, 0.2) is 47.3 Å². The Bertz CT molecular complexity index is 519. The van der Waals surface area contributed by atoms with Gasteiger partial charge in [-0.3, -0.25) is 0 Å². The Morgan fingerprint density at radius 2 is 1.95 bits per heavy atom. The normalized spacial score (nSPS) is 16.8. The molecule has 0 unspecified atom stereocenters. The number of hydrogen-bond donors (Lipinski definition) is 1. The molecule has 2 aromatic rings. The van der Waals surface area contributed by atoms with Crippen LogP contribution in [-0.4, -0.2) is 26.2 Å². The maximum Gasteiger partial charge on any atom is 0.106 e. The lowest BCUT2D eigenvalue weighted by molar-refractivity contribution is -0.914. The van der Waals surface area contributed by atoms with Crippen LogP contribution in [0.3, 0.4) is 0 Å². The molecule has 1 aliphatic heterocycles. The highest BCUT2D eigenvalue weighted by molar-refractivity contribution is 6.33. The van der Waals surface area contributed by atoms with E-state index in [0.29, 0.717) is 0 Å². The Morgan fingerprint density at radius 1 is 1.16 bits per heavy atom. The molecule has 0 amide bonds. The molecule has 0 atom stereocenters. The van der Waals surface area contributed by atoms with Crippen LogP contribution in [0.4, 0.5) is 5.69 Å². The molecular formula is C15H18ClN2O+. The van der Waals surface area contributed by atoms with E-state index in [1.165, 1.54) is 5.56 Å². The smallest absolute Gasteiger partial charge is 0.106 e. The van der Waals surface area contributed by atoms with Crippen molar-refractivity contribution in [3.8, 4) is 0 Å². The number of nitrogens with zero attached hydrogens (tertiary/aromatic N) is 1. The van der Waals surface area contributed by atoms with Gasteiger partial charge < -0.3 is 14.2 Å². The second-order valence-electron chi connectivity index (χ2n) is 5.00. The van der Waals surface area contributed by atoms with E-state index in [-0.39, 0.29) is 0 Å². The van der Waals surface area contributed by atoms with Crippen LogP contribution >= 0.6 is 11.6 Å². The van der Waals surface area contributed by atoms with Gasteiger partial charge in [-0.15, -0.1) is 0 Å². The largest absolute Gasteiger partial charge is 0.472 e. The minimum absolute atomic E-state index is 0.848. The van der Waals surface area contributed by atoms with Gasteiger partial charge >= 0.3 is 0 Å². The van der Waals surface area contributed by atoms with Crippen molar-refractivity contribution in [2.24, 2.45) is 0 Å². The molecule has 0 bridgehead atoms. The van der Waals surface area contributed by atoms with Gasteiger partial charge in [0.25, 0.3) is 0 Å². The maximum atomic E-state index is 6.25. The van der Waals surface area contributed by atoms with Gasteiger partial charge in [0.2, 0.25) is 0 Å². The van der Waals surface area contributed by atoms with Crippen LogP contribution in [0.25, 0.3) is 0 Å². The van der Waals surface area contributed by atoms with E-state index in [4.69, 9.17) is 16.0 Å². The first kappa shape index (κ1) is 12.6. The fourth-order valence-electron chi connectivity index (χ4n) is 2.63. The lowest BCUT2D eigenvalue weighted by Gasteiger charge is -2.33. The monoisotopic (exact) mass is 277 g/mol. The number of nitrogens with one attached hydrogen (secondary N) is 1. The fraction of sp³-hybridized carbons (Fsp3) is 0.333. The Labute approximate surface area is 118 Å². The van der Waals surface area contributed by atoms with Gasteiger partial charge in [-0.2, -0.15) is 0 Å². The van der Waals surface area contributed by atoms with Crippen molar-refractivity contribution in [3.63, 3.8) is 0 Å². The summed E-state index contributed by atoms with van der Waals surface area (Å²) in [5.74, 6) is 0. The third-order valence-electron chi connectivity index (χ3n) is 3.70. The average molecular weight is 278 g/mol. The third-order valence-corrected chi connectivity index (χ3v) is 4.02. The van der Waals surface area contributed by atoms with E-state index in [0.717, 1.165) is 43.4 Å². The number of anilines is 1. The van der Waals surface area contributed by atoms with Crippen molar-refractivity contribution in [2.75, 3.05) is 31.1 Å². The standard InChI is InChI=1S/C15H17ClN2O/c16-14-3-1-2-4-15(14)18-8-6-17(7-9-18)11-13-5-10-19-12-13/h1-5,10,12H,6-9,11H2/p+1. The second kappa shape index (κ2) is 5.68. The summed E-state index contributed by atoms with van der Waals surface area (Å²) in [4.78, 5) is 3.98. The van der Waals surface area contributed by atoms with Crippen LogP contribution in [0.1, 0.15) is 5.56 Å². The van der Waals surface area contributed by atoms with Gasteiger partial charge in [-0.25, -0.2) is 0 Å². The summed E-state index contributed by atoms with van der Waals surface area (Å²) >= 11 is 6.25. The summed E-state index contributed by atoms with van der Waals surface area (Å²) in [7, 11) is 0. The van der Waals surface area contributed by atoms with Gasteiger partial charge in [0, 0.05) is 5.56 Å². The molecule has 1 aliphatic rings. The molecule has 1 fully saturated rings.